The Balaban J connectivity index is 2.46. The quantitative estimate of drug-likeness (QED) is 0.817. The summed E-state index contributed by atoms with van der Waals surface area (Å²) in [6.45, 7) is 0. The predicted octanol–water partition coefficient (Wildman–Crippen LogP) is 4.02. The average molecular weight is 249 g/mol. The van der Waals surface area contributed by atoms with Crippen molar-refractivity contribution in [2.45, 2.75) is 0 Å². The van der Waals surface area contributed by atoms with Crippen LogP contribution in [0.1, 0.15) is 0 Å². The molecule has 2 aromatic carbocycles. The lowest BCUT2D eigenvalue weighted by Gasteiger charge is -2.08. The maximum Gasteiger partial charge on any atom is 0.123 e. The molecule has 0 bridgehead atoms. The van der Waals surface area contributed by atoms with E-state index in [-0.39, 0.29) is 0 Å². The third-order valence-corrected chi connectivity index (χ3v) is 2.78. The van der Waals surface area contributed by atoms with E-state index in [2.05, 4.69) is 0 Å². The van der Waals surface area contributed by atoms with Gasteiger partial charge in [-0.05, 0) is 35.4 Å². The Hall–Kier alpha value is -1.67. The predicted molar refractivity (Wildman–Crippen MR) is 70.0 cm³/mol. The minimum Gasteiger partial charge on any atom is -0.497 e. The SMILES string of the molecule is COc1cc(OC)cc(-c2ccc(Cl)cc2)c1. The molecule has 2 nitrogen and oxygen atoms in total. The molecule has 0 saturated heterocycles. The molecule has 88 valence electrons. The van der Waals surface area contributed by atoms with Gasteiger partial charge in [0.25, 0.3) is 0 Å². The fourth-order valence-electron chi connectivity index (χ4n) is 1.62. The molecule has 0 N–H and O–H groups in total. The van der Waals surface area contributed by atoms with E-state index in [1.807, 2.05) is 42.5 Å². The van der Waals surface area contributed by atoms with Crippen molar-refractivity contribution >= 4 is 11.6 Å². The highest BCUT2D eigenvalue weighted by atomic mass is 35.5. The summed E-state index contributed by atoms with van der Waals surface area (Å²) in [5.74, 6) is 1.54. The van der Waals surface area contributed by atoms with Gasteiger partial charge in [-0.25, -0.2) is 0 Å². The topological polar surface area (TPSA) is 18.5 Å². The molecular weight excluding hydrogens is 236 g/mol. The normalized spacial score (nSPS) is 10.1. The van der Waals surface area contributed by atoms with Crippen molar-refractivity contribution in [2.24, 2.45) is 0 Å². The maximum absolute atomic E-state index is 5.87. The van der Waals surface area contributed by atoms with Gasteiger partial charge in [0.2, 0.25) is 0 Å². The monoisotopic (exact) mass is 248 g/mol. The first-order valence-corrected chi connectivity index (χ1v) is 5.60. The van der Waals surface area contributed by atoms with E-state index in [1.165, 1.54) is 0 Å². The molecule has 2 aromatic rings. The molecule has 0 aromatic heterocycles. The van der Waals surface area contributed by atoms with Gasteiger partial charge in [0.1, 0.15) is 11.5 Å². The lowest BCUT2D eigenvalue weighted by atomic mass is 10.1. The van der Waals surface area contributed by atoms with Crippen molar-refractivity contribution in [3.8, 4) is 22.6 Å². The number of methoxy groups -OCH3 is 2. The van der Waals surface area contributed by atoms with Gasteiger partial charge in [-0.2, -0.15) is 0 Å². The molecule has 0 saturated carbocycles. The lowest BCUT2D eigenvalue weighted by Crippen LogP contribution is -1.88. The Morgan fingerprint density at radius 2 is 1.29 bits per heavy atom. The van der Waals surface area contributed by atoms with E-state index < -0.39 is 0 Å². The summed E-state index contributed by atoms with van der Waals surface area (Å²) in [4.78, 5) is 0. The number of benzene rings is 2. The summed E-state index contributed by atoms with van der Waals surface area (Å²) >= 11 is 5.87. The standard InChI is InChI=1S/C14H13ClO2/c1-16-13-7-11(8-14(9-13)17-2)10-3-5-12(15)6-4-10/h3-9H,1-2H3. The van der Waals surface area contributed by atoms with E-state index in [0.29, 0.717) is 0 Å². The highest BCUT2D eigenvalue weighted by Gasteiger charge is 2.04. The van der Waals surface area contributed by atoms with Crippen molar-refractivity contribution in [3.63, 3.8) is 0 Å². The molecule has 0 aliphatic rings. The number of rotatable bonds is 3. The molecule has 2 rings (SSSR count). The third-order valence-electron chi connectivity index (χ3n) is 2.53. The number of ether oxygens (including phenoxy) is 2. The molecule has 0 amide bonds. The van der Waals surface area contributed by atoms with Crippen LogP contribution in [0.2, 0.25) is 5.02 Å². The van der Waals surface area contributed by atoms with Crippen molar-refractivity contribution in [1.82, 2.24) is 0 Å². The summed E-state index contributed by atoms with van der Waals surface area (Å²) < 4.78 is 10.5. The van der Waals surface area contributed by atoms with Gasteiger partial charge >= 0.3 is 0 Å². The van der Waals surface area contributed by atoms with Crippen LogP contribution in [0, 0.1) is 0 Å². The lowest BCUT2D eigenvalue weighted by molar-refractivity contribution is 0.394. The number of hydrogen-bond acceptors (Lipinski definition) is 2. The Morgan fingerprint density at radius 3 is 1.76 bits per heavy atom. The third kappa shape index (κ3) is 2.71. The second kappa shape index (κ2) is 5.11. The smallest absolute Gasteiger partial charge is 0.123 e. The summed E-state index contributed by atoms with van der Waals surface area (Å²) in [7, 11) is 3.28. The Labute approximate surface area is 106 Å². The highest BCUT2D eigenvalue weighted by molar-refractivity contribution is 6.30. The van der Waals surface area contributed by atoms with Crippen molar-refractivity contribution in [3.05, 3.63) is 47.5 Å². The van der Waals surface area contributed by atoms with Crippen LogP contribution in [0.15, 0.2) is 42.5 Å². The molecule has 0 heterocycles. The summed E-state index contributed by atoms with van der Waals surface area (Å²) in [5, 5.41) is 0.726. The van der Waals surface area contributed by atoms with Crippen LogP contribution in [0.5, 0.6) is 11.5 Å². The zero-order chi connectivity index (χ0) is 12.3. The Bertz CT molecular complexity index is 484. The van der Waals surface area contributed by atoms with Crippen LogP contribution in [-0.2, 0) is 0 Å². The molecule has 3 heteroatoms. The zero-order valence-corrected chi connectivity index (χ0v) is 10.5. The second-order valence-corrected chi connectivity index (χ2v) is 4.04. The van der Waals surface area contributed by atoms with Crippen LogP contribution in [-0.4, -0.2) is 14.2 Å². The minimum atomic E-state index is 0.726. The minimum absolute atomic E-state index is 0.726. The van der Waals surface area contributed by atoms with Crippen molar-refractivity contribution in [2.75, 3.05) is 14.2 Å². The number of hydrogen-bond donors (Lipinski definition) is 0. The summed E-state index contributed by atoms with van der Waals surface area (Å²) in [6, 6.07) is 13.4. The van der Waals surface area contributed by atoms with Gasteiger partial charge < -0.3 is 9.47 Å². The van der Waals surface area contributed by atoms with Gasteiger partial charge in [0.15, 0.2) is 0 Å². The van der Waals surface area contributed by atoms with Gasteiger partial charge in [-0.1, -0.05) is 23.7 Å². The zero-order valence-electron chi connectivity index (χ0n) is 9.74. The first-order valence-electron chi connectivity index (χ1n) is 5.22. The van der Waals surface area contributed by atoms with Gasteiger partial charge in [-0.15, -0.1) is 0 Å². The van der Waals surface area contributed by atoms with Crippen LogP contribution in [0.3, 0.4) is 0 Å². The van der Waals surface area contributed by atoms with Crippen molar-refractivity contribution in [1.29, 1.82) is 0 Å². The Kier molecular flexibility index (Phi) is 3.55. The fraction of sp³-hybridized carbons (Fsp3) is 0.143. The van der Waals surface area contributed by atoms with Crippen LogP contribution < -0.4 is 9.47 Å². The van der Waals surface area contributed by atoms with E-state index in [4.69, 9.17) is 21.1 Å². The first-order chi connectivity index (χ1) is 8.22. The average Bonchev–Trinajstić information content (AvgIpc) is 2.39. The highest BCUT2D eigenvalue weighted by Crippen LogP contribution is 2.30. The number of halogens is 1. The maximum atomic E-state index is 5.87. The van der Waals surface area contributed by atoms with Crippen LogP contribution in [0.4, 0.5) is 0 Å². The molecular formula is C14H13ClO2. The molecule has 0 spiro atoms. The van der Waals surface area contributed by atoms with E-state index in [0.717, 1.165) is 27.6 Å². The molecule has 0 atom stereocenters. The molecule has 0 unspecified atom stereocenters. The van der Waals surface area contributed by atoms with Gasteiger partial charge in [0.05, 0.1) is 14.2 Å². The van der Waals surface area contributed by atoms with Gasteiger partial charge in [0, 0.05) is 11.1 Å². The van der Waals surface area contributed by atoms with E-state index in [1.54, 1.807) is 14.2 Å². The van der Waals surface area contributed by atoms with E-state index >= 15 is 0 Å². The van der Waals surface area contributed by atoms with Crippen LogP contribution >= 0.6 is 11.6 Å². The first kappa shape index (κ1) is 11.8. The molecule has 0 radical (unpaired) electrons. The summed E-state index contributed by atoms with van der Waals surface area (Å²) in [5.41, 5.74) is 2.12. The summed E-state index contributed by atoms with van der Waals surface area (Å²) in [6.07, 6.45) is 0. The molecule has 0 fully saturated rings. The Morgan fingerprint density at radius 1 is 0.765 bits per heavy atom. The fourth-order valence-corrected chi connectivity index (χ4v) is 1.74. The van der Waals surface area contributed by atoms with Crippen molar-refractivity contribution < 1.29 is 9.47 Å². The molecule has 0 aliphatic carbocycles. The van der Waals surface area contributed by atoms with E-state index in [9.17, 15) is 0 Å². The second-order valence-electron chi connectivity index (χ2n) is 3.61. The molecule has 17 heavy (non-hydrogen) atoms. The molecule has 0 aliphatic heterocycles. The largest absolute Gasteiger partial charge is 0.497 e. The van der Waals surface area contributed by atoms with Crippen LogP contribution in [0.25, 0.3) is 11.1 Å². The van der Waals surface area contributed by atoms with Gasteiger partial charge in [-0.3, -0.25) is 0 Å².